The predicted octanol–water partition coefficient (Wildman–Crippen LogP) is 5.20. The van der Waals surface area contributed by atoms with Gasteiger partial charge in [-0.25, -0.2) is 19.1 Å². The quantitative estimate of drug-likeness (QED) is 0.382. The van der Waals surface area contributed by atoms with E-state index in [4.69, 9.17) is 15.5 Å². The molecule has 38 heavy (non-hydrogen) atoms. The molecule has 4 rings (SSSR count). The Balaban J connectivity index is 0.00000280. The molecule has 1 aliphatic heterocycles. The number of halogens is 1. The summed E-state index contributed by atoms with van der Waals surface area (Å²) in [6.45, 7) is 11.2. The van der Waals surface area contributed by atoms with E-state index < -0.39 is 21.7 Å². The van der Waals surface area contributed by atoms with Gasteiger partial charge in [0.25, 0.3) is 15.9 Å². The van der Waals surface area contributed by atoms with E-state index >= 15 is 0 Å². The summed E-state index contributed by atoms with van der Waals surface area (Å²) < 4.78 is 47.6. The normalized spacial score (nSPS) is 17.1. The molecule has 0 radical (unpaired) electrons. The Bertz CT molecular complexity index is 1470. The third kappa shape index (κ3) is 6.07. The molecule has 3 N–H and O–H groups in total. The fourth-order valence-electron chi connectivity index (χ4n) is 4.62. The zero-order valence-electron chi connectivity index (χ0n) is 22.0. The van der Waals surface area contributed by atoms with Crippen molar-refractivity contribution in [1.29, 1.82) is 0 Å². The number of sulfonamides is 1. The number of nitrogen functional groups attached to an aromatic ring is 1. The summed E-state index contributed by atoms with van der Waals surface area (Å²) in [7, 11) is -4.24. The second-order valence-electron chi connectivity index (χ2n) is 10.7. The highest BCUT2D eigenvalue weighted by molar-refractivity contribution is 7.92. The zero-order chi connectivity index (χ0) is 27.8. The van der Waals surface area contributed by atoms with Gasteiger partial charge in [0.2, 0.25) is 4.34 Å². The van der Waals surface area contributed by atoms with Gasteiger partial charge < -0.3 is 15.4 Å². The van der Waals surface area contributed by atoms with Crippen LogP contribution in [0, 0.1) is 17.7 Å². The Labute approximate surface area is 229 Å². The van der Waals surface area contributed by atoms with Crippen molar-refractivity contribution in [3.8, 4) is 17.0 Å². The molecule has 208 valence electrons. The number of thiazole rings is 1. The molecule has 0 spiro atoms. The highest BCUT2D eigenvalue weighted by atomic mass is 32.2. The molecule has 1 unspecified atom stereocenters. The van der Waals surface area contributed by atoms with Crippen molar-refractivity contribution in [3.63, 3.8) is 0 Å². The largest absolute Gasteiger partial charge is 0.493 e. The SMILES string of the molecule is CC(C)COc1cc(F)cc(-c2ccc(C(=O)NS(=O)(=O)c3nc(N)cs3)c(N3CC(C)CC3(C)C)n2)c1.[HH].[HH]. The third-order valence-corrected chi connectivity index (χ3v) is 8.76. The number of benzene rings is 1. The summed E-state index contributed by atoms with van der Waals surface area (Å²) in [5.41, 5.74) is 6.20. The lowest BCUT2D eigenvalue weighted by molar-refractivity contribution is 0.0981. The topological polar surface area (TPSA) is 128 Å². The van der Waals surface area contributed by atoms with Crippen LogP contribution in [0.1, 0.15) is 54.3 Å². The van der Waals surface area contributed by atoms with E-state index in [1.54, 1.807) is 12.1 Å². The van der Waals surface area contributed by atoms with E-state index in [9.17, 15) is 17.6 Å². The molecule has 1 fully saturated rings. The van der Waals surface area contributed by atoms with E-state index in [0.29, 0.717) is 41.9 Å². The van der Waals surface area contributed by atoms with E-state index in [-0.39, 0.29) is 30.0 Å². The van der Waals surface area contributed by atoms with Crippen LogP contribution in [0.4, 0.5) is 16.0 Å². The van der Waals surface area contributed by atoms with Crippen LogP contribution in [0.15, 0.2) is 40.1 Å². The molecule has 1 amide bonds. The number of rotatable bonds is 8. The molecule has 3 heterocycles. The van der Waals surface area contributed by atoms with E-state index in [2.05, 4.69) is 16.6 Å². The van der Waals surface area contributed by atoms with Gasteiger partial charge in [0.1, 0.15) is 23.2 Å². The van der Waals surface area contributed by atoms with Gasteiger partial charge in [0.15, 0.2) is 0 Å². The van der Waals surface area contributed by atoms with Gasteiger partial charge in [-0.3, -0.25) is 4.79 Å². The van der Waals surface area contributed by atoms with E-state index in [1.165, 1.54) is 23.6 Å². The molecule has 12 heteroatoms. The third-order valence-electron chi connectivity index (χ3n) is 6.16. The number of aromatic nitrogens is 2. The number of pyridine rings is 1. The van der Waals surface area contributed by atoms with Gasteiger partial charge in [-0.1, -0.05) is 20.8 Å². The Morgan fingerprint density at radius 2 is 2.05 bits per heavy atom. The number of carbonyl (C=O) groups excluding carboxylic acids is 1. The van der Waals surface area contributed by atoms with Gasteiger partial charge in [-0.15, -0.1) is 11.3 Å². The van der Waals surface area contributed by atoms with Crippen molar-refractivity contribution < 1.29 is 25.2 Å². The Morgan fingerprint density at radius 3 is 2.66 bits per heavy atom. The first kappa shape index (κ1) is 27.8. The first-order valence-corrected chi connectivity index (χ1v) is 14.6. The van der Waals surface area contributed by atoms with Crippen LogP contribution in [0.25, 0.3) is 11.3 Å². The van der Waals surface area contributed by atoms with Crippen molar-refractivity contribution in [2.75, 3.05) is 23.8 Å². The Morgan fingerprint density at radius 1 is 1.32 bits per heavy atom. The second kappa shape index (κ2) is 10.5. The first-order chi connectivity index (χ1) is 17.7. The number of ether oxygens (including phenoxy) is 1. The lowest BCUT2D eigenvalue weighted by Crippen LogP contribution is -2.41. The average Bonchev–Trinajstić information content (AvgIpc) is 3.38. The summed E-state index contributed by atoms with van der Waals surface area (Å²) >= 11 is 0.819. The number of hydrogen-bond acceptors (Lipinski definition) is 9. The summed E-state index contributed by atoms with van der Waals surface area (Å²) in [4.78, 5) is 23.9. The van der Waals surface area contributed by atoms with Crippen LogP contribution in [0.5, 0.6) is 5.75 Å². The van der Waals surface area contributed by atoms with Crippen molar-refractivity contribution in [2.24, 2.45) is 11.8 Å². The monoisotopic (exact) mass is 565 g/mol. The summed E-state index contributed by atoms with van der Waals surface area (Å²) in [5.74, 6) is 0.00663. The highest BCUT2D eigenvalue weighted by Crippen LogP contribution is 2.38. The molecule has 0 bridgehead atoms. The van der Waals surface area contributed by atoms with Crippen LogP contribution in [-0.2, 0) is 10.0 Å². The number of anilines is 2. The van der Waals surface area contributed by atoms with Gasteiger partial charge in [-0.2, -0.15) is 8.42 Å². The summed E-state index contributed by atoms with van der Waals surface area (Å²) in [6, 6.07) is 7.45. The molecule has 9 nitrogen and oxygen atoms in total. The fourth-order valence-corrected chi connectivity index (χ4v) is 6.50. The molecule has 3 aromatic rings. The molecule has 1 aliphatic rings. The maximum Gasteiger partial charge on any atom is 0.291 e. The van der Waals surface area contributed by atoms with Crippen LogP contribution >= 0.6 is 11.3 Å². The lowest BCUT2D eigenvalue weighted by atomic mass is 9.97. The Hall–Kier alpha value is -3.25. The van der Waals surface area contributed by atoms with Crippen molar-refractivity contribution in [1.82, 2.24) is 14.7 Å². The van der Waals surface area contributed by atoms with Crippen LogP contribution < -0.4 is 20.1 Å². The standard InChI is InChI=1S/C26H32FN5O4S2.2H2/c1-15(2)13-36-19-9-17(8-18(27)10-19)21-7-6-20(23(29-21)32-12-16(3)11-26(32,4)5)24(33)31-38(34,35)25-30-22(28)14-37-25;;/h6-10,14-16H,11-13,28H2,1-5H3,(H,31,33);2*1H. The van der Waals surface area contributed by atoms with E-state index in [1.807, 2.05) is 32.6 Å². The van der Waals surface area contributed by atoms with Gasteiger partial charge in [0.05, 0.1) is 17.9 Å². The van der Waals surface area contributed by atoms with Gasteiger partial charge in [-0.05, 0) is 56.4 Å². The molecular weight excluding hydrogens is 529 g/mol. The minimum Gasteiger partial charge on any atom is -0.493 e. The Kier molecular flexibility index (Phi) is 7.67. The summed E-state index contributed by atoms with van der Waals surface area (Å²) in [6.07, 6.45) is 0.851. The predicted molar refractivity (Wildman–Crippen MR) is 151 cm³/mol. The van der Waals surface area contributed by atoms with Gasteiger partial charge in [0, 0.05) is 31.9 Å². The minimum atomic E-state index is -4.24. The minimum absolute atomic E-state index is 0. The van der Waals surface area contributed by atoms with E-state index in [0.717, 1.165) is 17.8 Å². The maximum atomic E-state index is 14.5. The smallest absolute Gasteiger partial charge is 0.291 e. The van der Waals surface area contributed by atoms with Crippen LogP contribution in [0.3, 0.4) is 0 Å². The van der Waals surface area contributed by atoms with Crippen molar-refractivity contribution in [2.45, 2.75) is 50.9 Å². The molecular formula is C26H36FN5O4S2. The number of carbonyl (C=O) groups is 1. The van der Waals surface area contributed by atoms with Crippen molar-refractivity contribution in [3.05, 3.63) is 47.1 Å². The molecule has 2 aromatic heterocycles. The number of hydrogen-bond donors (Lipinski definition) is 2. The van der Waals surface area contributed by atoms with Gasteiger partial charge >= 0.3 is 0 Å². The molecule has 0 aliphatic carbocycles. The lowest BCUT2D eigenvalue weighted by Gasteiger charge is -2.34. The first-order valence-electron chi connectivity index (χ1n) is 12.3. The highest BCUT2D eigenvalue weighted by Gasteiger charge is 2.39. The fraction of sp³-hybridized carbons (Fsp3) is 0.423. The number of nitrogens with two attached hydrogens (primary N) is 1. The zero-order valence-corrected chi connectivity index (χ0v) is 23.6. The average molecular weight is 566 g/mol. The number of nitrogens with one attached hydrogen (secondary N) is 1. The van der Waals surface area contributed by atoms with Crippen molar-refractivity contribution >= 4 is 38.9 Å². The van der Waals surface area contributed by atoms with Crippen LogP contribution in [-0.4, -0.2) is 43.0 Å². The molecule has 0 saturated carbocycles. The summed E-state index contributed by atoms with van der Waals surface area (Å²) in [5, 5.41) is 1.38. The maximum absolute atomic E-state index is 14.5. The number of amides is 1. The molecule has 1 saturated heterocycles. The second-order valence-corrected chi connectivity index (χ2v) is 13.4. The molecule has 1 atom stereocenters. The van der Waals surface area contributed by atoms with Crippen LogP contribution in [0.2, 0.25) is 0 Å². The molecule has 1 aromatic carbocycles. The number of nitrogens with zero attached hydrogens (tertiary/aromatic N) is 3.